The molecule has 0 bridgehead atoms. The van der Waals surface area contributed by atoms with Gasteiger partial charge in [0.05, 0.1) is 6.61 Å². The zero-order valence-electron chi connectivity index (χ0n) is 11.7. The fraction of sp³-hybridized carbons (Fsp3) is 0.500. The van der Waals surface area contributed by atoms with Crippen LogP contribution in [0, 0.1) is 0 Å². The molecule has 1 saturated heterocycles. The van der Waals surface area contributed by atoms with Crippen molar-refractivity contribution in [1.29, 1.82) is 0 Å². The van der Waals surface area contributed by atoms with E-state index < -0.39 is 13.1 Å². The van der Waals surface area contributed by atoms with Gasteiger partial charge in [-0.25, -0.2) is 4.79 Å². The van der Waals surface area contributed by atoms with Crippen LogP contribution in [0.15, 0.2) is 12.1 Å². The number of aliphatic carboxylic acids is 1. The van der Waals surface area contributed by atoms with Crippen molar-refractivity contribution in [2.75, 3.05) is 19.7 Å². The van der Waals surface area contributed by atoms with E-state index >= 15 is 0 Å². The molecule has 112 valence electrons. The number of rotatable bonds is 4. The lowest BCUT2D eigenvalue weighted by Crippen LogP contribution is -2.31. The van der Waals surface area contributed by atoms with Gasteiger partial charge in [-0.15, -0.1) is 0 Å². The monoisotopic (exact) mass is 291 g/mol. The Morgan fingerprint density at radius 3 is 2.90 bits per heavy atom. The van der Waals surface area contributed by atoms with Crippen molar-refractivity contribution in [3.05, 3.63) is 23.3 Å². The van der Waals surface area contributed by atoms with Gasteiger partial charge in [0.2, 0.25) is 0 Å². The van der Waals surface area contributed by atoms with Crippen LogP contribution in [0.25, 0.3) is 0 Å². The second-order valence-corrected chi connectivity index (χ2v) is 5.45. The zero-order valence-corrected chi connectivity index (χ0v) is 11.7. The zero-order chi connectivity index (χ0) is 14.8. The Bertz CT molecular complexity index is 544. The molecule has 1 aromatic carbocycles. The molecule has 3 N–H and O–H groups in total. The van der Waals surface area contributed by atoms with E-state index in [-0.39, 0.29) is 6.61 Å². The summed E-state index contributed by atoms with van der Waals surface area (Å²) in [5.41, 5.74) is 2.84. The van der Waals surface area contributed by atoms with Crippen molar-refractivity contribution in [2.45, 2.75) is 25.4 Å². The number of hydrogen-bond donors (Lipinski definition) is 3. The van der Waals surface area contributed by atoms with Crippen LogP contribution in [-0.2, 0) is 16.1 Å². The first-order valence-corrected chi connectivity index (χ1v) is 7.17. The van der Waals surface area contributed by atoms with Gasteiger partial charge in [0.1, 0.15) is 5.75 Å². The average molecular weight is 291 g/mol. The molecule has 21 heavy (non-hydrogen) atoms. The van der Waals surface area contributed by atoms with Gasteiger partial charge in [-0.05, 0) is 60.6 Å². The van der Waals surface area contributed by atoms with E-state index in [9.17, 15) is 9.82 Å². The van der Waals surface area contributed by atoms with Gasteiger partial charge in [0.25, 0.3) is 0 Å². The number of hydrogen-bond acceptors (Lipinski definition) is 5. The van der Waals surface area contributed by atoms with Crippen molar-refractivity contribution in [1.82, 2.24) is 5.32 Å². The van der Waals surface area contributed by atoms with Crippen molar-refractivity contribution in [3.63, 3.8) is 0 Å². The van der Waals surface area contributed by atoms with Crippen molar-refractivity contribution < 1.29 is 24.3 Å². The van der Waals surface area contributed by atoms with Crippen LogP contribution in [0.5, 0.6) is 5.75 Å². The van der Waals surface area contributed by atoms with Gasteiger partial charge in [0, 0.05) is 0 Å². The largest absolute Gasteiger partial charge is 0.491 e. The fourth-order valence-electron chi connectivity index (χ4n) is 3.05. The highest BCUT2D eigenvalue weighted by Crippen LogP contribution is 2.32. The van der Waals surface area contributed by atoms with Gasteiger partial charge in [-0.1, -0.05) is 0 Å². The number of carboxylic acids is 1. The molecule has 6 nitrogen and oxygen atoms in total. The highest BCUT2D eigenvalue weighted by Gasteiger charge is 2.32. The minimum atomic E-state index is -1.02. The summed E-state index contributed by atoms with van der Waals surface area (Å²) in [5.74, 6) is -0.146. The third kappa shape index (κ3) is 3.05. The minimum absolute atomic E-state index is 0.387. The molecule has 0 atom stereocenters. The Balaban J connectivity index is 1.92. The molecule has 1 fully saturated rings. The second kappa shape index (κ2) is 6.05. The molecule has 2 aliphatic heterocycles. The fourth-order valence-corrected chi connectivity index (χ4v) is 3.05. The average Bonchev–Trinajstić information content (AvgIpc) is 2.87. The van der Waals surface area contributed by atoms with E-state index in [2.05, 4.69) is 5.32 Å². The number of piperidine rings is 1. The highest BCUT2D eigenvalue weighted by atomic mass is 16.5. The standard InChI is InChI=1S/C14H18BNO5/c17-14(18)8-20-10-5-11(9-1-3-16-4-2-9)12-7-21-15(19)13(12)6-10/h5-6,9,16,19H,1-4,7-8H2,(H,17,18). The van der Waals surface area contributed by atoms with E-state index in [0.717, 1.165) is 37.1 Å². The quantitative estimate of drug-likeness (QED) is 0.668. The van der Waals surface area contributed by atoms with Crippen LogP contribution >= 0.6 is 0 Å². The molecule has 0 unspecified atom stereocenters. The van der Waals surface area contributed by atoms with Crippen LogP contribution in [-0.4, -0.2) is 42.9 Å². The predicted molar refractivity (Wildman–Crippen MR) is 76.8 cm³/mol. The van der Waals surface area contributed by atoms with Crippen LogP contribution in [0.1, 0.15) is 29.9 Å². The van der Waals surface area contributed by atoms with Gasteiger partial charge in [-0.3, -0.25) is 0 Å². The van der Waals surface area contributed by atoms with E-state index in [4.69, 9.17) is 14.5 Å². The molecule has 0 spiro atoms. The highest BCUT2D eigenvalue weighted by molar-refractivity contribution is 6.61. The molecule has 2 heterocycles. The molecule has 0 saturated carbocycles. The van der Waals surface area contributed by atoms with E-state index in [1.165, 1.54) is 0 Å². The topological polar surface area (TPSA) is 88.0 Å². The minimum Gasteiger partial charge on any atom is -0.482 e. The van der Waals surface area contributed by atoms with Gasteiger partial charge < -0.3 is 24.8 Å². The third-order valence-electron chi connectivity index (χ3n) is 4.09. The predicted octanol–water partition coefficient (Wildman–Crippen LogP) is -0.165. The summed E-state index contributed by atoms with van der Waals surface area (Å²) in [6.45, 7) is 1.93. The SMILES string of the molecule is O=C(O)COc1cc2c(c(C3CCNCC3)c1)COB2O. The Kier molecular flexibility index (Phi) is 4.14. The van der Waals surface area contributed by atoms with Gasteiger partial charge in [0.15, 0.2) is 6.61 Å². The number of nitrogens with one attached hydrogen (secondary N) is 1. The molecule has 0 radical (unpaired) electrons. The Hall–Kier alpha value is -1.57. The summed E-state index contributed by atoms with van der Waals surface area (Å²) in [6.07, 6.45) is 2.04. The van der Waals surface area contributed by atoms with Crippen molar-refractivity contribution in [2.24, 2.45) is 0 Å². The van der Waals surface area contributed by atoms with E-state index in [0.29, 0.717) is 23.7 Å². The van der Waals surface area contributed by atoms with Crippen molar-refractivity contribution in [3.8, 4) is 5.75 Å². The Morgan fingerprint density at radius 1 is 1.43 bits per heavy atom. The van der Waals surface area contributed by atoms with E-state index in [1.807, 2.05) is 6.07 Å². The maximum absolute atomic E-state index is 10.6. The smallest absolute Gasteiger partial charge is 0.482 e. The number of ether oxygens (including phenoxy) is 1. The Labute approximate surface area is 123 Å². The van der Waals surface area contributed by atoms with E-state index in [1.54, 1.807) is 6.07 Å². The maximum Gasteiger partial charge on any atom is 0.491 e. The molecule has 3 rings (SSSR count). The number of fused-ring (bicyclic) bond motifs is 1. The van der Waals surface area contributed by atoms with Gasteiger partial charge in [-0.2, -0.15) is 0 Å². The second-order valence-electron chi connectivity index (χ2n) is 5.45. The van der Waals surface area contributed by atoms with Crippen LogP contribution in [0.3, 0.4) is 0 Å². The molecule has 2 aliphatic rings. The summed E-state index contributed by atoms with van der Waals surface area (Å²) >= 11 is 0. The first kappa shape index (κ1) is 14.4. The first-order valence-electron chi connectivity index (χ1n) is 7.17. The normalized spacial score (nSPS) is 18.6. The lowest BCUT2D eigenvalue weighted by atomic mass is 9.75. The molecule has 0 aromatic heterocycles. The Morgan fingerprint density at radius 2 is 2.19 bits per heavy atom. The molecule has 7 heteroatoms. The summed E-state index contributed by atoms with van der Waals surface area (Å²) in [6, 6.07) is 3.58. The van der Waals surface area contributed by atoms with Crippen LogP contribution in [0.2, 0.25) is 0 Å². The molecular formula is C14H18BNO5. The first-order chi connectivity index (χ1) is 10.1. The van der Waals surface area contributed by atoms with Crippen molar-refractivity contribution >= 4 is 18.6 Å². The third-order valence-corrected chi connectivity index (χ3v) is 4.09. The maximum atomic E-state index is 10.6. The van der Waals surface area contributed by atoms with Crippen LogP contribution in [0.4, 0.5) is 0 Å². The summed E-state index contributed by atoms with van der Waals surface area (Å²) in [7, 11) is -0.950. The molecular weight excluding hydrogens is 273 g/mol. The summed E-state index contributed by atoms with van der Waals surface area (Å²) in [5, 5.41) is 22.0. The van der Waals surface area contributed by atoms with Crippen LogP contribution < -0.4 is 15.5 Å². The summed E-state index contributed by atoms with van der Waals surface area (Å²) < 4.78 is 10.6. The molecule has 0 aliphatic carbocycles. The molecule has 0 amide bonds. The summed E-state index contributed by atoms with van der Waals surface area (Å²) in [4.78, 5) is 10.6. The number of carbonyl (C=O) groups is 1. The number of carboxylic acid groups (broad SMARTS) is 1. The number of benzene rings is 1. The van der Waals surface area contributed by atoms with Gasteiger partial charge >= 0.3 is 13.1 Å². The molecule has 1 aromatic rings. The lowest BCUT2D eigenvalue weighted by Gasteiger charge is -2.25. The lowest BCUT2D eigenvalue weighted by molar-refractivity contribution is -0.139.